The molecule has 0 saturated heterocycles. The molecule has 0 aliphatic heterocycles. The Balaban J connectivity index is 1.92. The maximum atomic E-state index is 11.9. The standard InChI is InChI=1S/C17H19BrN2O3/c1-10-4-5-15(14(18)6-10)23-9-16(21)19-8-13-11(2)7-12(3)20-17(13)22/h4-7H,8-9H2,1-3H3,(H,19,21)(H,20,22). The first-order chi connectivity index (χ1) is 10.9. The van der Waals surface area contributed by atoms with E-state index >= 15 is 0 Å². The minimum absolute atomic E-state index is 0.107. The van der Waals surface area contributed by atoms with Crippen molar-refractivity contribution in [3.05, 3.63) is 61.5 Å². The van der Waals surface area contributed by atoms with Gasteiger partial charge in [-0.2, -0.15) is 0 Å². The van der Waals surface area contributed by atoms with Gasteiger partial charge in [-0.05, 0) is 66.0 Å². The van der Waals surface area contributed by atoms with Gasteiger partial charge in [0.2, 0.25) is 0 Å². The van der Waals surface area contributed by atoms with Crippen LogP contribution in [-0.2, 0) is 11.3 Å². The second-order valence-corrected chi connectivity index (χ2v) is 6.30. The maximum Gasteiger partial charge on any atom is 0.258 e. The summed E-state index contributed by atoms with van der Waals surface area (Å²) in [6, 6.07) is 7.51. The van der Waals surface area contributed by atoms with Crippen molar-refractivity contribution in [2.24, 2.45) is 0 Å². The van der Waals surface area contributed by atoms with E-state index in [1.54, 1.807) is 0 Å². The number of aromatic nitrogens is 1. The van der Waals surface area contributed by atoms with Crippen molar-refractivity contribution in [2.45, 2.75) is 27.3 Å². The van der Waals surface area contributed by atoms with E-state index in [2.05, 4.69) is 26.2 Å². The molecule has 122 valence electrons. The highest BCUT2D eigenvalue weighted by Crippen LogP contribution is 2.25. The SMILES string of the molecule is Cc1ccc(OCC(=O)NCc2c(C)cc(C)[nH]c2=O)c(Br)c1. The number of H-pyrrole nitrogens is 1. The van der Waals surface area contributed by atoms with Crippen LogP contribution in [0.25, 0.3) is 0 Å². The topological polar surface area (TPSA) is 71.2 Å². The minimum Gasteiger partial charge on any atom is -0.483 e. The normalized spacial score (nSPS) is 10.4. The molecule has 0 saturated carbocycles. The van der Waals surface area contributed by atoms with Crippen LogP contribution < -0.4 is 15.6 Å². The molecule has 0 radical (unpaired) electrons. The van der Waals surface area contributed by atoms with Crippen molar-refractivity contribution in [3.63, 3.8) is 0 Å². The number of halogens is 1. The van der Waals surface area contributed by atoms with E-state index in [1.807, 2.05) is 45.0 Å². The molecule has 0 unspecified atom stereocenters. The molecular weight excluding hydrogens is 360 g/mol. The van der Waals surface area contributed by atoms with E-state index in [0.29, 0.717) is 11.3 Å². The first-order valence-electron chi connectivity index (χ1n) is 7.22. The Labute approximate surface area is 143 Å². The number of rotatable bonds is 5. The number of carbonyl (C=O) groups is 1. The lowest BCUT2D eigenvalue weighted by molar-refractivity contribution is -0.123. The molecule has 1 heterocycles. The number of ether oxygens (including phenoxy) is 1. The van der Waals surface area contributed by atoms with E-state index in [9.17, 15) is 9.59 Å². The molecule has 0 aliphatic carbocycles. The van der Waals surface area contributed by atoms with Crippen molar-refractivity contribution in [2.75, 3.05) is 6.61 Å². The predicted molar refractivity (Wildman–Crippen MR) is 92.8 cm³/mol. The summed E-state index contributed by atoms with van der Waals surface area (Å²) < 4.78 is 6.28. The molecule has 23 heavy (non-hydrogen) atoms. The first kappa shape index (κ1) is 17.3. The van der Waals surface area contributed by atoms with Crippen LogP contribution in [0.4, 0.5) is 0 Å². The highest BCUT2D eigenvalue weighted by molar-refractivity contribution is 9.10. The quantitative estimate of drug-likeness (QED) is 0.839. The fraction of sp³-hybridized carbons (Fsp3) is 0.294. The van der Waals surface area contributed by atoms with Crippen LogP contribution in [0.5, 0.6) is 5.75 Å². The number of pyridine rings is 1. The van der Waals surface area contributed by atoms with Gasteiger partial charge < -0.3 is 15.0 Å². The van der Waals surface area contributed by atoms with E-state index in [4.69, 9.17) is 4.74 Å². The lowest BCUT2D eigenvalue weighted by Crippen LogP contribution is -2.31. The average molecular weight is 379 g/mol. The van der Waals surface area contributed by atoms with Crippen LogP contribution in [0, 0.1) is 20.8 Å². The molecule has 6 heteroatoms. The summed E-state index contributed by atoms with van der Waals surface area (Å²) in [6.45, 7) is 5.72. The number of aryl methyl sites for hydroxylation is 3. The Hall–Kier alpha value is -2.08. The van der Waals surface area contributed by atoms with Crippen LogP contribution in [-0.4, -0.2) is 17.5 Å². The zero-order chi connectivity index (χ0) is 17.0. The van der Waals surface area contributed by atoms with Gasteiger partial charge in [-0.1, -0.05) is 6.07 Å². The Morgan fingerprint density at radius 3 is 2.65 bits per heavy atom. The monoisotopic (exact) mass is 378 g/mol. The summed E-state index contributed by atoms with van der Waals surface area (Å²) in [5, 5.41) is 2.70. The van der Waals surface area contributed by atoms with Crippen LogP contribution >= 0.6 is 15.9 Å². The maximum absolute atomic E-state index is 11.9. The fourth-order valence-corrected chi connectivity index (χ4v) is 2.81. The molecule has 0 spiro atoms. The smallest absolute Gasteiger partial charge is 0.258 e. The van der Waals surface area contributed by atoms with Gasteiger partial charge in [0, 0.05) is 17.8 Å². The Morgan fingerprint density at radius 1 is 1.26 bits per heavy atom. The number of aromatic amines is 1. The second-order valence-electron chi connectivity index (χ2n) is 5.44. The number of hydrogen-bond acceptors (Lipinski definition) is 3. The van der Waals surface area contributed by atoms with Crippen LogP contribution in [0.3, 0.4) is 0 Å². The lowest BCUT2D eigenvalue weighted by atomic mass is 10.1. The van der Waals surface area contributed by atoms with Gasteiger partial charge in [-0.3, -0.25) is 9.59 Å². The Bertz CT molecular complexity index is 784. The Kier molecular flexibility index (Phi) is 5.60. The van der Waals surface area contributed by atoms with Crippen molar-refractivity contribution in [1.29, 1.82) is 0 Å². The zero-order valence-corrected chi connectivity index (χ0v) is 14.9. The average Bonchev–Trinajstić information content (AvgIpc) is 2.45. The van der Waals surface area contributed by atoms with Gasteiger partial charge in [0.15, 0.2) is 6.61 Å². The number of nitrogens with one attached hydrogen (secondary N) is 2. The highest BCUT2D eigenvalue weighted by Gasteiger charge is 2.09. The van der Waals surface area contributed by atoms with Gasteiger partial charge in [0.05, 0.1) is 4.47 Å². The van der Waals surface area contributed by atoms with Crippen molar-refractivity contribution < 1.29 is 9.53 Å². The van der Waals surface area contributed by atoms with Gasteiger partial charge in [0.25, 0.3) is 11.5 Å². The summed E-state index contributed by atoms with van der Waals surface area (Å²) >= 11 is 3.40. The molecule has 5 nitrogen and oxygen atoms in total. The first-order valence-corrected chi connectivity index (χ1v) is 8.01. The van der Waals surface area contributed by atoms with Crippen LogP contribution in [0.2, 0.25) is 0 Å². The van der Waals surface area contributed by atoms with Crippen molar-refractivity contribution in [3.8, 4) is 5.75 Å². The van der Waals surface area contributed by atoms with Crippen molar-refractivity contribution >= 4 is 21.8 Å². The molecule has 0 bridgehead atoms. The molecule has 0 atom stereocenters. The summed E-state index contributed by atoms with van der Waals surface area (Å²) in [7, 11) is 0. The molecular formula is C17H19BrN2O3. The molecule has 1 aromatic heterocycles. The van der Waals surface area contributed by atoms with E-state index in [-0.39, 0.29) is 24.6 Å². The van der Waals surface area contributed by atoms with E-state index < -0.39 is 0 Å². The van der Waals surface area contributed by atoms with E-state index in [1.165, 1.54) is 0 Å². The van der Waals surface area contributed by atoms with Gasteiger partial charge in [0.1, 0.15) is 5.75 Å². The Morgan fingerprint density at radius 2 is 2.00 bits per heavy atom. The summed E-state index contributed by atoms with van der Waals surface area (Å²) in [5.74, 6) is 0.326. The summed E-state index contributed by atoms with van der Waals surface area (Å²) in [4.78, 5) is 26.5. The summed E-state index contributed by atoms with van der Waals surface area (Å²) in [5.41, 5.74) is 3.14. The molecule has 0 fully saturated rings. The van der Waals surface area contributed by atoms with Crippen molar-refractivity contribution in [1.82, 2.24) is 10.3 Å². The van der Waals surface area contributed by atoms with Crippen LogP contribution in [0.1, 0.15) is 22.4 Å². The molecule has 1 amide bonds. The van der Waals surface area contributed by atoms with Gasteiger partial charge in [-0.15, -0.1) is 0 Å². The molecule has 0 aliphatic rings. The highest BCUT2D eigenvalue weighted by atomic mass is 79.9. The number of hydrogen-bond donors (Lipinski definition) is 2. The number of benzene rings is 1. The molecule has 2 aromatic rings. The van der Waals surface area contributed by atoms with E-state index in [0.717, 1.165) is 21.3 Å². The third-order valence-electron chi connectivity index (χ3n) is 3.40. The predicted octanol–water partition coefficient (Wildman–Crippen LogP) is 2.76. The third kappa shape index (κ3) is 4.69. The third-order valence-corrected chi connectivity index (χ3v) is 4.02. The fourth-order valence-electron chi connectivity index (χ4n) is 2.21. The minimum atomic E-state index is -0.281. The summed E-state index contributed by atoms with van der Waals surface area (Å²) in [6.07, 6.45) is 0. The molecule has 2 rings (SSSR count). The zero-order valence-electron chi connectivity index (χ0n) is 13.3. The number of carbonyl (C=O) groups excluding carboxylic acids is 1. The molecule has 1 aromatic carbocycles. The van der Waals surface area contributed by atoms with Gasteiger partial charge in [-0.25, -0.2) is 0 Å². The second kappa shape index (κ2) is 7.46. The van der Waals surface area contributed by atoms with Gasteiger partial charge >= 0.3 is 0 Å². The largest absolute Gasteiger partial charge is 0.483 e. The van der Waals surface area contributed by atoms with Crippen LogP contribution in [0.15, 0.2) is 33.5 Å². The molecule has 2 N–H and O–H groups in total. The lowest BCUT2D eigenvalue weighted by Gasteiger charge is -2.10. The number of amides is 1.